The fourth-order valence-corrected chi connectivity index (χ4v) is 2.48. The zero-order chi connectivity index (χ0) is 13.9. The maximum atomic E-state index is 12.5. The Kier molecular flexibility index (Phi) is 3.71. The second kappa shape index (κ2) is 5.64. The zero-order valence-electron chi connectivity index (χ0n) is 10.8. The van der Waals surface area contributed by atoms with Gasteiger partial charge in [0.05, 0.1) is 30.7 Å². The number of nitrogens with zero attached hydrogens (tertiary/aromatic N) is 2. The Morgan fingerprint density at radius 1 is 1.30 bits per heavy atom. The first kappa shape index (κ1) is 13.1. The maximum absolute atomic E-state index is 12.5. The van der Waals surface area contributed by atoms with Gasteiger partial charge in [-0.25, -0.2) is 0 Å². The van der Waals surface area contributed by atoms with Crippen molar-refractivity contribution in [3.05, 3.63) is 41.0 Å². The highest BCUT2D eigenvalue weighted by molar-refractivity contribution is 6.33. The number of carbonyl (C=O) groups excluding carboxylic acids is 1. The number of hydrogen-bond donors (Lipinski definition) is 1. The van der Waals surface area contributed by atoms with Gasteiger partial charge in [0.25, 0.3) is 5.91 Å². The van der Waals surface area contributed by atoms with E-state index in [0.29, 0.717) is 42.6 Å². The maximum Gasteiger partial charge on any atom is 0.257 e. The molecule has 2 heterocycles. The Morgan fingerprint density at radius 2 is 2.05 bits per heavy atom. The van der Waals surface area contributed by atoms with Gasteiger partial charge in [0.1, 0.15) is 0 Å². The standard InChI is InChI=1S/C14H14ClN3O2/c15-12-4-2-1-3-10(12)13-11(9-16-17-13)14(19)18-5-7-20-8-6-18/h1-4,9H,5-8H2,(H,16,17). The number of ether oxygens (including phenoxy) is 1. The average Bonchev–Trinajstić information content (AvgIpc) is 2.97. The third-order valence-corrected chi connectivity index (χ3v) is 3.64. The van der Waals surface area contributed by atoms with Gasteiger partial charge in [-0.2, -0.15) is 5.10 Å². The number of halogens is 1. The van der Waals surface area contributed by atoms with Crippen molar-refractivity contribution in [3.8, 4) is 11.3 Å². The van der Waals surface area contributed by atoms with Gasteiger partial charge in [-0.05, 0) is 6.07 Å². The molecule has 1 amide bonds. The van der Waals surface area contributed by atoms with Crippen LogP contribution in [0.2, 0.25) is 5.02 Å². The summed E-state index contributed by atoms with van der Waals surface area (Å²) in [6.07, 6.45) is 1.55. The number of rotatable bonds is 2. The van der Waals surface area contributed by atoms with E-state index in [0.717, 1.165) is 5.56 Å². The summed E-state index contributed by atoms with van der Waals surface area (Å²) < 4.78 is 5.26. The predicted molar refractivity (Wildman–Crippen MR) is 75.8 cm³/mol. The quantitative estimate of drug-likeness (QED) is 0.923. The van der Waals surface area contributed by atoms with Gasteiger partial charge >= 0.3 is 0 Å². The minimum absolute atomic E-state index is 0.0445. The molecule has 1 N–H and O–H groups in total. The summed E-state index contributed by atoms with van der Waals surface area (Å²) in [6.45, 7) is 2.36. The van der Waals surface area contributed by atoms with Crippen molar-refractivity contribution < 1.29 is 9.53 Å². The first-order valence-corrected chi connectivity index (χ1v) is 6.80. The highest BCUT2D eigenvalue weighted by atomic mass is 35.5. The van der Waals surface area contributed by atoms with Crippen molar-refractivity contribution in [2.24, 2.45) is 0 Å². The van der Waals surface area contributed by atoms with Crippen LogP contribution in [0, 0.1) is 0 Å². The van der Waals surface area contributed by atoms with E-state index >= 15 is 0 Å². The summed E-state index contributed by atoms with van der Waals surface area (Å²) in [5.41, 5.74) is 1.98. The molecule has 104 valence electrons. The molecule has 0 aliphatic carbocycles. The fourth-order valence-electron chi connectivity index (χ4n) is 2.25. The molecule has 0 radical (unpaired) electrons. The molecule has 1 aromatic carbocycles. The second-order valence-corrected chi connectivity index (χ2v) is 4.95. The minimum atomic E-state index is -0.0445. The smallest absolute Gasteiger partial charge is 0.257 e. The summed E-state index contributed by atoms with van der Waals surface area (Å²) in [7, 11) is 0. The molecule has 0 atom stereocenters. The van der Waals surface area contributed by atoms with E-state index in [-0.39, 0.29) is 5.91 Å². The Hall–Kier alpha value is -1.85. The summed E-state index contributed by atoms with van der Waals surface area (Å²) in [6, 6.07) is 7.39. The van der Waals surface area contributed by atoms with Gasteiger partial charge < -0.3 is 9.64 Å². The van der Waals surface area contributed by atoms with Crippen LogP contribution in [0.3, 0.4) is 0 Å². The van der Waals surface area contributed by atoms with Crippen LogP contribution < -0.4 is 0 Å². The average molecular weight is 292 g/mol. The van der Waals surface area contributed by atoms with Gasteiger partial charge in [0.15, 0.2) is 0 Å². The van der Waals surface area contributed by atoms with Gasteiger partial charge in [-0.1, -0.05) is 29.8 Å². The van der Waals surface area contributed by atoms with E-state index in [9.17, 15) is 4.79 Å². The number of benzene rings is 1. The molecular formula is C14H14ClN3O2. The van der Waals surface area contributed by atoms with Gasteiger partial charge in [0.2, 0.25) is 0 Å². The topological polar surface area (TPSA) is 58.2 Å². The Balaban J connectivity index is 1.94. The van der Waals surface area contributed by atoms with Crippen LogP contribution in [-0.2, 0) is 4.74 Å². The molecule has 5 nitrogen and oxygen atoms in total. The van der Waals surface area contributed by atoms with Crippen molar-refractivity contribution in [3.63, 3.8) is 0 Å². The van der Waals surface area contributed by atoms with Crippen LogP contribution in [0.15, 0.2) is 30.5 Å². The second-order valence-electron chi connectivity index (χ2n) is 4.54. The largest absolute Gasteiger partial charge is 0.378 e. The Labute approximate surface area is 121 Å². The number of aromatic amines is 1. The molecule has 1 saturated heterocycles. The van der Waals surface area contributed by atoms with E-state index in [4.69, 9.17) is 16.3 Å². The third kappa shape index (κ3) is 2.42. The van der Waals surface area contributed by atoms with Crippen LogP contribution >= 0.6 is 11.6 Å². The molecule has 0 unspecified atom stereocenters. The number of aromatic nitrogens is 2. The molecule has 0 saturated carbocycles. The summed E-state index contributed by atoms with van der Waals surface area (Å²) >= 11 is 6.19. The molecule has 0 spiro atoms. The Bertz CT molecular complexity index is 620. The van der Waals surface area contributed by atoms with E-state index in [1.54, 1.807) is 17.2 Å². The minimum Gasteiger partial charge on any atom is -0.378 e. The van der Waals surface area contributed by atoms with Crippen molar-refractivity contribution in [2.75, 3.05) is 26.3 Å². The van der Waals surface area contributed by atoms with Gasteiger partial charge in [-0.15, -0.1) is 0 Å². The van der Waals surface area contributed by atoms with E-state index in [1.165, 1.54) is 0 Å². The van der Waals surface area contributed by atoms with Crippen LogP contribution in [0.4, 0.5) is 0 Å². The highest BCUT2D eigenvalue weighted by Crippen LogP contribution is 2.29. The van der Waals surface area contributed by atoms with Gasteiger partial charge in [-0.3, -0.25) is 9.89 Å². The lowest BCUT2D eigenvalue weighted by atomic mass is 10.1. The van der Waals surface area contributed by atoms with E-state index < -0.39 is 0 Å². The summed E-state index contributed by atoms with van der Waals surface area (Å²) in [5, 5.41) is 7.45. The first-order valence-electron chi connectivity index (χ1n) is 6.42. The molecule has 1 fully saturated rings. The molecular weight excluding hydrogens is 278 g/mol. The lowest BCUT2D eigenvalue weighted by Crippen LogP contribution is -2.40. The SMILES string of the molecule is O=C(c1cn[nH]c1-c1ccccc1Cl)N1CCOCC1. The third-order valence-electron chi connectivity index (χ3n) is 3.31. The molecule has 3 rings (SSSR count). The lowest BCUT2D eigenvalue weighted by molar-refractivity contribution is 0.0303. The molecule has 1 aliphatic rings. The summed E-state index contributed by atoms with van der Waals surface area (Å²) in [4.78, 5) is 14.3. The van der Waals surface area contributed by atoms with Crippen molar-refractivity contribution in [1.29, 1.82) is 0 Å². The number of H-pyrrole nitrogens is 1. The van der Waals surface area contributed by atoms with Crippen LogP contribution in [0.25, 0.3) is 11.3 Å². The number of morpholine rings is 1. The molecule has 2 aromatic rings. The van der Waals surface area contributed by atoms with Crippen molar-refractivity contribution >= 4 is 17.5 Å². The fraction of sp³-hybridized carbons (Fsp3) is 0.286. The number of carbonyl (C=O) groups is 1. The highest BCUT2D eigenvalue weighted by Gasteiger charge is 2.23. The molecule has 0 bridgehead atoms. The molecule has 1 aromatic heterocycles. The van der Waals surface area contributed by atoms with Crippen LogP contribution in [-0.4, -0.2) is 47.3 Å². The predicted octanol–water partition coefficient (Wildman–Crippen LogP) is 2.20. The van der Waals surface area contributed by atoms with Crippen LogP contribution in [0.1, 0.15) is 10.4 Å². The number of amides is 1. The van der Waals surface area contributed by atoms with E-state index in [2.05, 4.69) is 10.2 Å². The first-order chi connectivity index (χ1) is 9.77. The van der Waals surface area contributed by atoms with Crippen molar-refractivity contribution in [1.82, 2.24) is 15.1 Å². The molecule has 20 heavy (non-hydrogen) atoms. The molecule has 6 heteroatoms. The number of nitrogens with one attached hydrogen (secondary N) is 1. The lowest BCUT2D eigenvalue weighted by Gasteiger charge is -2.26. The van der Waals surface area contributed by atoms with Crippen LogP contribution in [0.5, 0.6) is 0 Å². The van der Waals surface area contributed by atoms with E-state index in [1.807, 2.05) is 18.2 Å². The zero-order valence-corrected chi connectivity index (χ0v) is 11.6. The summed E-state index contributed by atoms with van der Waals surface area (Å²) in [5.74, 6) is -0.0445. The number of hydrogen-bond acceptors (Lipinski definition) is 3. The Morgan fingerprint density at radius 3 is 2.80 bits per heavy atom. The molecule has 1 aliphatic heterocycles. The van der Waals surface area contributed by atoms with Gasteiger partial charge in [0, 0.05) is 23.7 Å². The van der Waals surface area contributed by atoms with Crippen molar-refractivity contribution in [2.45, 2.75) is 0 Å². The monoisotopic (exact) mass is 291 g/mol. The normalized spacial score (nSPS) is 15.3.